The Kier molecular flexibility index (Phi) is 3.39. The van der Waals surface area contributed by atoms with Gasteiger partial charge in [-0.3, -0.25) is 4.98 Å². The summed E-state index contributed by atoms with van der Waals surface area (Å²) < 4.78 is 0. The highest BCUT2D eigenvalue weighted by Gasteiger charge is 2.13. The number of anilines is 2. The summed E-state index contributed by atoms with van der Waals surface area (Å²) in [4.78, 5) is 12.8. The molecule has 5 nitrogen and oxygen atoms in total. The van der Waals surface area contributed by atoms with Gasteiger partial charge in [0.1, 0.15) is 5.75 Å². The Hall–Kier alpha value is -2.69. The molecule has 0 bridgehead atoms. The zero-order valence-electron chi connectivity index (χ0n) is 11.9. The predicted octanol–water partition coefficient (Wildman–Crippen LogP) is 3.60. The third-order valence-electron chi connectivity index (χ3n) is 3.28. The molecule has 0 aliphatic carbocycles. The highest BCUT2D eigenvalue weighted by Crippen LogP contribution is 2.32. The third kappa shape index (κ3) is 2.63. The van der Waals surface area contributed by atoms with Gasteiger partial charge in [-0.05, 0) is 30.2 Å². The van der Waals surface area contributed by atoms with E-state index in [-0.39, 0.29) is 11.7 Å². The maximum atomic E-state index is 10.1. The zero-order chi connectivity index (χ0) is 14.8. The van der Waals surface area contributed by atoms with Crippen LogP contribution in [0.2, 0.25) is 0 Å². The van der Waals surface area contributed by atoms with Crippen molar-refractivity contribution in [3.63, 3.8) is 0 Å². The molecule has 3 rings (SSSR count). The molecule has 21 heavy (non-hydrogen) atoms. The standard InChI is InChI=1S/C16H16N4O/c1-10(2)14-13(21)4-3-11-9-18-16(20-15(11)14)19-12-5-7-17-8-6-12/h3-10,21H,1-2H3,(H,17,18,19,20). The van der Waals surface area contributed by atoms with Crippen LogP contribution in [0.15, 0.2) is 42.9 Å². The molecule has 0 saturated carbocycles. The summed E-state index contributed by atoms with van der Waals surface area (Å²) in [5.41, 5.74) is 2.49. The number of fused-ring (bicyclic) bond motifs is 1. The van der Waals surface area contributed by atoms with Crippen molar-refractivity contribution in [2.24, 2.45) is 0 Å². The van der Waals surface area contributed by atoms with Crippen LogP contribution in [-0.4, -0.2) is 20.1 Å². The molecule has 0 spiro atoms. The molecular formula is C16H16N4O. The van der Waals surface area contributed by atoms with Gasteiger partial charge in [0.15, 0.2) is 0 Å². The van der Waals surface area contributed by atoms with Gasteiger partial charge in [0.2, 0.25) is 5.95 Å². The van der Waals surface area contributed by atoms with Crippen LogP contribution in [0.25, 0.3) is 10.9 Å². The van der Waals surface area contributed by atoms with Crippen molar-refractivity contribution in [3.8, 4) is 5.75 Å². The summed E-state index contributed by atoms with van der Waals surface area (Å²) in [6, 6.07) is 7.21. The molecule has 0 unspecified atom stereocenters. The fourth-order valence-corrected chi connectivity index (χ4v) is 2.30. The molecule has 2 aromatic heterocycles. The van der Waals surface area contributed by atoms with E-state index in [1.54, 1.807) is 24.7 Å². The molecule has 0 fully saturated rings. The van der Waals surface area contributed by atoms with Crippen molar-refractivity contribution in [3.05, 3.63) is 48.4 Å². The first-order valence-corrected chi connectivity index (χ1v) is 6.81. The molecule has 2 heterocycles. The average molecular weight is 280 g/mol. The lowest BCUT2D eigenvalue weighted by Crippen LogP contribution is -2.00. The van der Waals surface area contributed by atoms with Gasteiger partial charge in [-0.25, -0.2) is 9.97 Å². The Morgan fingerprint density at radius 1 is 1.10 bits per heavy atom. The maximum Gasteiger partial charge on any atom is 0.227 e. The zero-order valence-corrected chi connectivity index (χ0v) is 11.9. The number of rotatable bonds is 3. The molecule has 106 valence electrons. The van der Waals surface area contributed by atoms with Crippen molar-refractivity contribution in [2.75, 3.05) is 5.32 Å². The first-order chi connectivity index (χ1) is 10.1. The number of phenols is 1. The fraction of sp³-hybridized carbons (Fsp3) is 0.188. The summed E-state index contributed by atoms with van der Waals surface area (Å²) in [6.45, 7) is 4.07. The quantitative estimate of drug-likeness (QED) is 0.767. The minimum atomic E-state index is 0.178. The van der Waals surface area contributed by atoms with E-state index in [0.717, 1.165) is 22.2 Å². The van der Waals surface area contributed by atoms with Crippen molar-refractivity contribution in [2.45, 2.75) is 19.8 Å². The number of phenolic OH excluding ortho intramolecular Hbond substituents is 1. The number of nitrogens with one attached hydrogen (secondary N) is 1. The number of benzene rings is 1. The van der Waals surface area contributed by atoms with E-state index in [0.29, 0.717) is 5.95 Å². The van der Waals surface area contributed by atoms with Crippen LogP contribution in [0, 0.1) is 0 Å². The second kappa shape index (κ2) is 5.36. The SMILES string of the molecule is CC(C)c1c(O)ccc2cnc(Nc3ccncc3)nc12. The second-order valence-corrected chi connectivity index (χ2v) is 5.15. The topological polar surface area (TPSA) is 70.9 Å². The normalized spacial score (nSPS) is 11.0. The molecule has 0 atom stereocenters. The summed E-state index contributed by atoms with van der Waals surface area (Å²) >= 11 is 0. The van der Waals surface area contributed by atoms with Crippen molar-refractivity contribution < 1.29 is 5.11 Å². The molecule has 0 aliphatic heterocycles. The summed E-state index contributed by atoms with van der Waals surface area (Å²) in [5, 5.41) is 14.1. The predicted molar refractivity (Wildman–Crippen MR) is 82.8 cm³/mol. The molecule has 0 amide bonds. The first kappa shape index (κ1) is 13.3. The number of aromatic hydroxyl groups is 1. The number of pyridine rings is 1. The Balaban J connectivity index is 2.08. The van der Waals surface area contributed by atoms with Crippen molar-refractivity contribution in [1.29, 1.82) is 0 Å². The van der Waals surface area contributed by atoms with E-state index < -0.39 is 0 Å². The van der Waals surface area contributed by atoms with E-state index in [2.05, 4.69) is 20.3 Å². The van der Waals surface area contributed by atoms with Gasteiger partial charge < -0.3 is 10.4 Å². The largest absolute Gasteiger partial charge is 0.508 e. The van der Waals surface area contributed by atoms with Gasteiger partial charge in [0, 0.05) is 35.2 Å². The molecular weight excluding hydrogens is 264 g/mol. The third-order valence-corrected chi connectivity index (χ3v) is 3.28. The Bertz CT molecular complexity index is 772. The molecule has 3 aromatic rings. The second-order valence-electron chi connectivity index (χ2n) is 5.15. The van der Waals surface area contributed by atoms with Crippen LogP contribution in [-0.2, 0) is 0 Å². The van der Waals surface area contributed by atoms with E-state index >= 15 is 0 Å². The first-order valence-electron chi connectivity index (χ1n) is 6.81. The lowest BCUT2D eigenvalue weighted by molar-refractivity contribution is 0.466. The molecule has 0 radical (unpaired) electrons. The van der Waals surface area contributed by atoms with Crippen LogP contribution in [0.5, 0.6) is 5.75 Å². The average Bonchev–Trinajstić information content (AvgIpc) is 2.47. The van der Waals surface area contributed by atoms with Gasteiger partial charge in [-0.15, -0.1) is 0 Å². The Morgan fingerprint density at radius 2 is 1.86 bits per heavy atom. The molecule has 2 N–H and O–H groups in total. The van der Waals surface area contributed by atoms with Crippen LogP contribution < -0.4 is 5.32 Å². The Morgan fingerprint density at radius 3 is 2.57 bits per heavy atom. The highest BCUT2D eigenvalue weighted by atomic mass is 16.3. The molecule has 0 saturated heterocycles. The molecule has 0 aliphatic rings. The van der Waals surface area contributed by atoms with Gasteiger partial charge in [-0.1, -0.05) is 13.8 Å². The van der Waals surface area contributed by atoms with Crippen molar-refractivity contribution in [1.82, 2.24) is 15.0 Å². The van der Waals surface area contributed by atoms with E-state index in [4.69, 9.17) is 0 Å². The summed E-state index contributed by atoms with van der Waals surface area (Å²) in [7, 11) is 0. The van der Waals surface area contributed by atoms with Crippen LogP contribution in [0.1, 0.15) is 25.3 Å². The lowest BCUT2D eigenvalue weighted by atomic mass is 9.99. The minimum absolute atomic E-state index is 0.178. The number of aromatic nitrogens is 3. The van der Waals surface area contributed by atoms with Crippen molar-refractivity contribution >= 4 is 22.5 Å². The van der Waals surface area contributed by atoms with Gasteiger partial charge in [0.05, 0.1) is 5.52 Å². The lowest BCUT2D eigenvalue weighted by Gasteiger charge is -2.12. The monoisotopic (exact) mass is 280 g/mol. The van der Waals surface area contributed by atoms with Crippen LogP contribution in [0.3, 0.4) is 0 Å². The number of nitrogens with zero attached hydrogens (tertiary/aromatic N) is 3. The smallest absolute Gasteiger partial charge is 0.227 e. The van der Waals surface area contributed by atoms with E-state index in [9.17, 15) is 5.11 Å². The molecule has 1 aromatic carbocycles. The fourth-order valence-electron chi connectivity index (χ4n) is 2.30. The number of hydrogen-bond acceptors (Lipinski definition) is 5. The van der Waals surface area contributed by atoms with Gasteiger partial charge >= 0.3 is 0 Å². The van der Waals surface area contributed by atoms with Crippen LogP contribution >= 0.6 is 0 Å². The van der Waals surface area contributed by atoms with E-state index in [1.807, 2.05) is 32.0 Å². The highest BCUT2D eigenvalue weighted by molar-refractivity contribution is 5.85. The van der Waals surface area contributed by atoms with E-state index in [1.165, 1.54) is 0 Å². The summed E-state index contributed by atoms with van der Waals surface area (Å²) in [5.74, 6) is 0.949. The number of hydrogen-bond donors (Lipinski definition) is 2. The van der Waals surface area contributed by atoms with Gasteiger partial charge in [0.25, 0.3) is 0 Å². The Labute approximate surface area is 122 Å². The summed E-state index contributed by atoms with van der Waals surface area (Å²) in [6.07, 6.45) is 5.17. The van der Waals surface area contributed by atoms with Gasteiger partial charge in [-0.2, -0.15) is 0 Å². The maximum absolute atomic E-state index is 10.1. The molecule has 5 heteroatoms. The van der Waals surface area contributed by atoms with Crippen LogP contribution in [0.4, 0.5) is 11.6 Å². The minimum Gasteiger partial charge on any atom is -0.508 e.